The summed E-state index contributed by atoms with van der Waals surface area (Å²) in [7, 11) is 0. The van der Waals surface area contributed by atoms with Gasteiger partial charge >= 0.3 is 0 Å². The maximum atomic E-state index is 13.2. The SMILES string of the molecule is O=Cc1cc(Br)ccc1OCc1cc(F)ccc1[N+](=O)[O-]. The minimum absolute atomic E-state index is 0.0970. The Morgan fingerprint density at radius 2 is 2.05 bits per heavy atom. The molecule has 0 aliphatic heterocycles. The van der Waals surface area contributed by atoms with E-state index >= 15 is 0 Å². The molecule has 0 spiro atoms. The molecule has 0 bridgehead atoms. The van der Waals surface area contributed by atoms with Crippen LogP contribution in [0, 0.1) is 15.9 Å². The molecule has 0 atom stereocenters. The van der Waals surface area contributed by atoms with E-state index in [0.717, 1.165) is 18.2 Å². The molecule has 0 aliphatic carbocycles. The van der Waals surface area contributed by atoms with Gasteiger partial charge in [-0.3, -0.25) is 14.9 Å². The molecule has 0 saturated heterocycles. The van der Waals surface area contributed by atoms with Crippen LogP contribution in [0.15, 0.2) is 40.9 Å². The summed E-state index contributed by atoms with van der Waals surface area (Å²) >= 11 is 3.22. The smallest absolute Gasteiger partial charge is 0.276 e. The predicted molar refractivity (Wildman–Crippen MR) is 76.9 cm³/mol. The van der Waals surface area contributed by atoms with Crippen molar-refractivity contribution < 1.29 is 18.8 Å². The summed E-state index contributed by atoms with van der Waals surface area (Å²) < 4.78 is 19.3. The number of hydrogen-bond acceptors (Lipinski definition) is 4. The molecule has 0 heterocycles. The number of carbonyl (C=O) groups is 1. The Balaban J connectivity index is 2.26. The number of nitro groups is 1. The van der Waals surface area contributed by atoms with Gasteiger partial charge in [0.15, 0.2) is 6.29 Å². The first-order valence-electron chi connectivity index (χ1n) is 5.81. The van der Waals surface area contributed by atoms with Crippen molar-refractivity contribution in [3.05, 3.63) is 67.9 Å². The van der Waals surface area contributed by atoms with Gasteiger partial charge in [0, 0.05) is 10.5 Å². The third-order valence-corrected chi connectivity index (χ3v) is 3.21. The Morgan fingerprint density at radius 1 is 1.29 bits per heavy atom. The number of nitro benzene ring substituents is 1. The average Bonchev–Trinajstić information content (AvgIpc) is 2.45. The number of ether oxygens (including phenoxy) is 1. The number of nitrogens with zero attached hydrogens (tertiary/aromatic N) is 1. The third-order valence-electron chi connectivity index (χ3n) is 2.72. The van der Waals surface area contributed by atoms with Crippen LogP contribution in [0.2, 0.25) is 0 Å². The maximum absolute atomic E-state index is 13.2. The normalized spacial score (nSPS) is 10.2. The van der Waals surface area contributed by atoms with E-state index in [2.05, 4.69) is 15.9 Å². The molecule has 0 radical (unpaired) electrons. The van der Waals surface area contributed by atoms with Crippen molar-refractivity contribution in [2.75, 3.05) is 0 Å². The molecule has 5 nitrogen and oxygen atoms in total. The van der Waals surface area contributed by atoms with E-state index in [1.807, 2.05) is 0 Å². The molecule has 21 heavy (non-hydrogen) atoms. The van der Waals surface area contributed by atoms with Crippen LogP contribution in [0.5, 0.6) is 5.75 Å². The first-order valence-corrected chi connectivity index (χ1v) is 6.61. The number of aldehydes is 1. The number of halogens is 2. The molecule has 7 heteroatoms. The Hall–Kier alpha value is -2.28. The average molecular weight is 354 g/mol. The minimum atomic E-state index is -0.611. The molecular weight excluding hydrogens is 345 g/mol. The van der Waals surface area contributed by atoms with Crippen molar-refractivity contribution in [1.29, 1.82) is 0 Å². The fourth-order valence-electron chi connectivity index (χ4n) is 1.75. The third kappa shape index (κ3) is 3.63. The molecule has 0 N–H and O–H groups in total. The van der Waals surface area contributed by atoms with Gasteiger partial charge in [0.25, 0.3) is 5.69 Å². The van der Waals surface area contributed by atoms with Crippen LogP contribution in [0.4, 0.5) is 10.1 Å². The second kappa shape index (κ2) is 6.45. The second-order valence-corrected chi connectivity index (χ2v) is 5.03. The Bertz CT molecular complexity index is 705. The molecule has 2 rings (SSSR count). The summed E-state index contributed by atoms with van der Waals surface area (Å²) in [6.07, 6.45) is 0.611. The largest absolute Gasteiger partial charge is 0.488 e. The zero-order valence-electron chi connectivity index (χ0n) is 10.6. The number of benzene rings is 2. The van der Waals surface area contributed by atoms with Crippen LogP contribution in [0.25, 0.3) is 0 Å². The van der Waals surface area contributed by atoms with E-state index in [-0.39, 0.29) is 23.6 Å². The molecule has 0 aromatic heterocycles. The quantitative estimate of drug-likeness (QED) is 0.464. The highest BCUT2D eigenvalue weighted by atomic mass is 79.9. The lowest BCUT2D eigenvalue weighted by atomic mass is 10.2. The van der Waals surface area contributed by atoms with Gasteiger partial charge in [0.1, 0.15) is 18.2 Å². The van der Waals surface area contributed by atoms with Crippen molar-refractivity contribution >= 4 is 27.9 Å². The fourth-order valence-corrected chi connectivity index (χ4v) is 2.12. The monoisotopic (exact) mass is 353 g/mol. The van der Waals surface area contributed by atoms with Crippen molar-refractivity contribution in [2.24, 2.45) is 0 Å². The lowest BCUT2D eigenvalue weighted by Gasteiger charge is -2.09. The standard InChI is InChI=1S/C14H9BrFNO4/c15-11-1-4-14(9(5-11)7-18)21-8-10-6-12(16)2-3-13(10)17(19)20/h1-7H,8H2. The summed E-state index contributed by atoms with van der Waals surface area (Å²) in [6, 6.07) is 7.91. The van der Waals surface area contributed by atoms with Crippen molar-refractivity contribution in [3.8, 4) is 5.75 Å². The van der Waals surface area contributed by atoms with Crippen LogP contribution < -0.4 is 4.74 Å². The summed E-state index contributed by atoms with van der Waals surface area (Å²) in [5.74, 6) is -0.322. The zero-order chi connectivity index (χ0) is 15.4. The molecule has 0 saturated carbocycles. The first-order chi connectivity index (χ1) is 10.0. The summed E-state index contributed by atoms with van der Waals surface area (Å²) in [6.45, 7) is -0.212. The lowest BCUT2D eigenvalue weighted by molar-refractivity contribution is -0.385. The van der Waals surface area contributed by atoms with E-state index in [4.69, 9.17) is 4.74 Å². The van der Waals surface area contributed by atoms with Gasteiger partial charge < -0.3 is 4.74 Å². The fraction of sp³-hybridized carbons (Fsp3) is 0.0714. The molecule has 2 aromatic rings. The van der Waals surface area contributed by atoms with Crippen LogP contribution in [-0.4, -0.2) is 11.2 Å². The van der Waals surface area contributed by atoms with Gasteiger partial charge in [-0.15, -0.1) is 0 Å². The molecule has 108 valence electrons. The highest BCUT2D eigenvalue weighted by Crippen LogP contribution is 2.25. The highest BCUT2D eigenvalue weighted by molar-refractivity contribution is 9.10. The first kappa shape index (κ1) is 15.1. The Kier molecular flexibility index (Phi) is 4.64. The molecule has 0 fully saturated rings. The summed E-state index contributed by atoms with van der Waals surface area (Å²) in [5, 5.41) is 10.9. The van der Waals surface area contributed by atoms with E-state index < -0.39 is 10.7 Å². The number of rotatable bonds is 5. The Labute approximate surface area is 127 Å². The van der Waals surface area contributed by atoms with E-state index in [1.54, 1.807) is 18.2 Å². The predicted octanol–water partition coefficient (Wildman–Crippen LogP) is 3.89. The topological polar surface area (TPSA) is 69.4 Å². The molecule has 2 aromatic carbocycles. The van der Waals surface area contributed by atoms with Gasteiger partial charge in [0.05, 0.1) is 16.1 Å². The minimum Gasteiger partial charge on any atom is -0.488 e. The zero-order valence-corrected chi connectivity index (χ0v) is 12.2. The number of hydrogen-bond donors (Lipinski definition) is 0. The van der Waals surface area contributed by atoms with Crippen molar-refractivity contribution in [1.82, 2.24) is 0 Å². The molecule has 0 amide bonds. The molecular formula is C14H9BrFNO4. The summed E-state index contributed by atoms with van der Waals surface area (Å²) in [4.78, 5) is 21.2. The van der Waals surface area contributed by atoms with E-state index in [0.29, 0.717) is 16.3 Å². The van der Waals surface area contributed by atoms with Gasteiger partial charge in [-0.05, 0) is 30.3 Å². The van der Waals surface area contributed by atoms with Crippen LogP contribution in [0.1, 0.15) is 15.9 Å². The number of carbonyl (C=O) groups excluding carboxylic acids is 1. The molecule has 0 aliphatic rings. The maximum Gasteiger partial charge on any atom is 0.276 e. The second-order valence-electron chi connectivity index (χ2n) is 4.12. The van der Waals surface area contributed by atoms with Gasteiger partial charge in [-0.1, -0.05) is 15.9 Å². The molecule has 0 unspecified atom stereocenters. The van der Waals surface area contributed by atoms with Crippen LogP contribution in [-0.2, 0) is 6.61 Å². The van der Waals surface area contributed by atoms with Gasteiger partial charge in [-0.2, -0.15) is 0 Å². The van der Waals surface area contributed by atoms with Crippen molar-refractivity contribution in [3.63, 3.8) is 0 Å². The van der Waals surface area contributed by atoms with E-state index in [1.165, 1.54) is 0 Å². The highest BCUT2D eigenvalue weighted by Gasteiger charge is 2.15. The van der Waals surface area contributed by atoms with Gasteiger partial charge in [0.2, 0.25) is 0 Å². The Morgan fingerprint density at radius 3 is 2.71 bits per heavy atom. The summed E-state index contributed by atoms with van der Waals surface area (Å²) in [5.41, 5.74) is 0.157. The van der Waals surface area contributed by atoms with Crippen molar-refractivity contribution in [2.45, 2.75) is 6.61 Å². The van der Waals surface area contributed by atoms with Gasteiger partial charge in [-0.25, -0.2) is 4.39 Å². The van der Waals surface area contributed by atoms with Crippen LogP contribution in [0.3, 0.4) is 0 Å². The van der Waals surface area contributed by atoms with Crippen LogP contribution >= 0.6 is 15.9 Å². The van der Waals surface area contributed by atoms with E-state index in [9.17, 15) is 19.3 Å². The lowest BCUT2D eigenvalue weighted by Crippen LogP contribution is -2.02.